The van der Waals surface area contributed by atoms with Gasteiger partial charge in [0.05, 0.1) is 6.42 Å². The molecule has 0 fully saturated rings. The van der Waals surface area contributed by atoms with Gasteiger partial charge in [0.25, 0.3) is 0 Å². The van der Waals surface area contributed by atoms with Crippen LogP contribution in [-0.2, 0) is 9.57 Å². The molecule has 0 spiro atoms. The van der Waals surface area contributed by atoms with Crippen LogP contribution in [0.2, 0.25) is 0 Å². The fraction of sp³-hybridized carbons (Fsp3) is 0.833. The molecule has 0 saturated carbocycles. The van der Waals surface area contributed by atoms with Crippen molar-refractivity contribution in [2.75, 3.05) is 6.61 Å². The van der Waals surface area contributed by atoms with E-state index in [1.54, 1.807) is 6.92 Å². The van der Waals surface area contributed by atoms with Crippen LogP contribution >= 0.6 is 0 Å². The summed E-state index contributed by atoms with van der Waals surface area (Å²) in [5.41, 5.74) is -0.916. The lowest BCUT2D eigenvalue weighted by Gasteiger charge is -2.07. The van der Waals surface area contributed by atoms with Crippen molar-refractivity contribution in [1.82, 2.24) is 0 Å². The van der Waals surface area contributed by atoms with Crippen molar-refractivity contribution >= 4 is 5.71 Å². The van der Waals surface area contributed by atoms with Crippen LogP contribution in [0.25, 0.3) is 0 Å². The third kappa shape index (κ3) is 2.10. The van der Waals surface area contributed by atoms with Crippen LogP contribution in [0.5, 0.6) is 0 Å². The van der Waals surface area contributed by atoms with Gasteiger partial charge in [0.15, 0.2) is 5.71 Å². The first-order valence-electron chi connectivity index (χ1n) is 3.45. The highest BCUT2D eigenvalue weighted by atomic mass is 19.4. The molecule has 1 aliphatic heterocycles. The van der Waals surface area contributed by atoms with Crippen molar-refractivity contribution in [3.8, 4) is 0 Å². The van der Waals surface area contributed by atoms with E-state index in [1.807, 2.05) is 0 Å². The van der Waals surface area contributed by atoms with Crippen molar-refractivity contribution < 1.29 is 22.7 Å². The van der Waals surface area contributed by atoms with E-state index in [-0.39, 0.29) is 6.42 Å². The lowest BCUT2D eigenvalue weighted by Crippen LogP contribution is -2.23. The molecule has 70 valence electrons. The summed E-state index contributed by atoms with van der Waals surface area (Å²) in [5.74, 6) is 0. The molecule has 0 aromatic heterocycles. The second-order valence-corrected chi connectivity index (χ2v) is 2.23. The number of alkyl halides is 3. The van der Waals surface area contributed by atoms with Crippen LogP contribution in [0.3, 0.4) is 0 Å². The Morgan fingerprint density at radius 1 is 1.67 bits per heavy atom. The molecule has 1 heterocycles. The quantitative estimate of drug-likeness (QED) is 0.652. The lowest BCUT2D eigenvalue weighted by atomic mass is 10.2. The molecule has 1 unspecified atom stereocenters. The van der Waals surface area contributed by atoms with Gasteiger partial charge >= 0.3 is 6.18 Å². The molecule has 0 bridgehead atoms. The van der Waals surface area contributed by atoms with Crippen LogP contribution in [-0.4, -0.2) is 24.8 Å². The summed E-state index contributed by atoms with van der Waals surface area (Å²) in [6, 6.07) is 0. The number of hydrogen-bond donors (Lipinski definition) is 0. The number of oxime groups is 1. The van der Waals surface area contributed by atoms with Gasteiger partial charge in [-0.2, -0.15) is 13.2 Å². The number of halogens is 3. The molecule has 0 aromatic rings. The third-order valence-electron chi connectivity index (χ3n) is 1.32. The standard InChI is InChI=1S/C6H8F3NO2/c1-2-11-5-3-4(10-12-5)6(7,8)9/h5H,2-3H2,1H3. The smallest absolute Gasteiger partial charge is 0.363 e. The summed E-state index contributed by atoms with van der Waals surface area (Å²) in [4.78, 5) is 4.38. The van der Waals surface area contributed by atoms with Crippen LogP contribution in [0.4, 0.5) is 13.2 Å². The minimum atomic E-state index is -4.40. The first kappa shape index (κ1) is 9.31. The van der Waals surface area contributed by atoms with Crippen molar-refractivity contribution in [3.63, 3.8) is 0 Å². The molecule has 1 atom stereocenters. The van der Waals surface area contributed by atoms with Crippen molar-refractivity contribution in [2.24, 2.45) is 5.16 Å². The maximum absolute atomic E-state index is 11.9. The van der Waals surface area contributed by atoms with Gasteiger partial charge in [-0.1, -0.05) is 5.16 Å². The molecule has 0 amide bonds. The van der Waals surface area contributed by atoms with Crippen molar-refractivity contribution in [3.05, 3.63) is 0 Å². The predicted octanol–water partition coefficient (Wildman–Crippen LogP) is 1.69. The minimum absolute atomic E-state index is 0.311. The molecule has 0 aliphatic carbocycles. The Labute approximate surface area is 67.1 Å². The zero-order valence-electron chi connectivity index (χ0n) is 6.39. The van der Waals surface area contributed by atoms with E-state index in [2.05, 4.69) is 9.99 Å². The molecule has 0 radical (unpaired) electrons. The van der Waals surface area contributed by atoms with Crippen molar-refractivity contribution in [2.45, 2.75) is 25.8 Å². The Morgan fingerprint density at radius 3 is 2.75 bits per heavy atom. The van der Waals surface area contributed by atoms with Gasteiger partial charge in [0.2, 0.25) is 6.29 Å². The number of ether oxygens (including phenoxy) is 1. The zero-order chi connectivity index (χ0) is 9.19. The van der Waals surface area contributed by atoms with Gasteiger partial charge < -0.3 is 9.57 Å². The van der Waals surface area contributed by atoms with E-state index in [0.717, 1.165) is 0 Å². The molecular formula is C6H8F3NO2. The number of hydrogen-bond acceptors (Lipinski definition) is 3. The average Bonchev–Trinajstić information content (AvgIpc) is 2.35. The summed E-state index contributed by atoms with van der Waals surface area (Å²) >= 11 is 0. The van der Waals surface area contributed by atoms with Crippen LogP contribution in [0.1, 0.15) is 13.3 Å². The molecule has 1 rings (SSSR count). The maximum atomic E-state index is 11.9. The second-order valence-electron chi connectivity index (χ2n) is 2.23. The van der Waals surface area contributed by atoms with E-state index >= 15 is 0 Å². The number of rotatable bonds is 2. The van der Waals surface area contributed by atoms with Crippen molar-refractivity contribution in [1.29, 1.82) is 0 Å². The SMILES string of the molecule is CCOC1CC(C(F)(F)F)=NO1. The Morgan fingerprint density at radius 2 is 2.33 bits per heavy atom. The normalized spacial score (nSPS) is 23.7. The summed E-state index contributed by atoms with van der Waals surface area (Å²) < 4.78 is 40.5. The van der Waals surface area contributed by atoms with Gasteiger partial charge in [-0.15, -0.1) is 0 Å². The largest absolute Gasteiger partial charge is 0.432 e. The van der Waals surface area contributed by atoms with Gasteiger partial charge in [-0.05, 0) is 6.92 Å². The predicted molar refractivity (Wildman–Crippen MR) is 34.6 cm³/mol. The Bertz CT molecular complexity index is 190. The van der Waals surface area contributed by atoms with Crippen LogP contribution < -0.4 is 0 Å². The number of nitrogens with zero attached hydrogens (tertiary/aromatic N) is 1. The van der Waals surface area contributed by atoms with E-state index in [9.17, 15) is 13.2 Å². The topological polar surface area (TPSA) is 30.8 Å². The highest BCUT2D eigenvalue weighted by molar-refractivity contribution is 5.90. The molecular weight excluding hydrogens is 175 g/mol. The maximum Gasteiger partial charge on any atom is 0.432 e. The second kappa shape index (κ2) is 3.30. The molecule has 0 aromatic carbocycles. The third-order valence-corrected chi connectivity index (χ3v) is 1.32. The average molecular weight is 183 g/mol. The monoisotopic (exact) mass is 183 g/mol. The Balaban J connectivity index is 2.43. The first-order chi connectivity index (χ1) is 5.54. The van der Waals surface area contributed by atoms with Gasteiger partial charge in [-0.3, -0.25) is 0 Å². The fourth-order valence-electron chi connectivity index (χ4n) is 0.798. The van der Waals surface area contributed by atoms with Crippen LogP contribution in [0, 0.1) is 0 Å². The molecule has 12 heavy (non-hydrogen) atoms. The Hall–Kier alpha value is -0.780. The Kier molecular flexibility index (Phi) is 2.56. The highest BCUT2D eigenvalue weighted by Crippen LogP contribution is 2.25. The molecule has 3 nitrogen and oxygen atoms in total. The fourth-order valence-corrected chi connectivity index (χ4v) is 0.798. The molecule has 0 saturated heterocycles. The lowest BCUT2D eigenvalue weighted by molar-refractivity contribution is -0.120. The van der Waals surface area contributed by atoms with Gasteiger partial charge in [-0.25, -0.2) is 0 Å². The van der Waals surface area contributed by atoms with E-state index in [1.165, 1.54) is 0 Å². The van der Waals surface area contributed by atoms with E-state index in [4.69, 9.17) is 4.74 Å². The van der Waals surface area contributed by atoms with E-state index < -0.39 is 18.2 Å². The highest BCUT2D eigenvalue weighted by Gasteiger charge is 2.41. The first-order valence-corrected chi connectivity index (χ1v) is 3.45. The molecule has 0 N–H and O–H groups in total. The van der Waals surface area contributed by atoms with Gasteiger partial charge in [0.1, 0.15) is 0 Å². The summed E-state index contributed by atoms with van der Waals surface area (Å²) in [7, 11) is 0. The van der Waals surface area contributed by atoms with E-state index in [0.29, 0.717) is 6.61 Å². The molecule has 1 aliphatic rings. The summed E-state index contributed by atoms with van der Waals surface area (Å²) in [6.07, 6.45) is -5.59. The van der Waals surface area contributed by atoms with Gasteiger partial charge in [0, 0.05) is 6.61 Å². The summed E-state index contributed by atoms with van der Waals surface area (Å²) in [5, 5.41) is 2.87. The summed E-state index contributed by atoms with van der Waals surface area (Å²) in [6.45, 7) is 1.99. The van der Waals surface area contributed by atoms with Crippen LogP contribution in [0.15, 0.2) is 5.16 Å². The molecule has 6 heteroatoms. The zero-order valence-corrected chi connectivity index (χ0v) is 6.39. The minimum Gasteiger partial charge on any atom is -0.363 e.